The molecule has 6 heteroatoms. The summed E-state index contributed by atoms with van der Waals surface area (Å²) in [5.74, 6) is 1.25. The summed E-state index contributed by atoms with van der Waals surface area (Å²) in [6, 6.07) is 20.4. The average molecular weight is 449 g/mol. The molecule has 0 unspecified atom stereocenters. The van der Waals surface area contributed by atoms with E-state index in [4.69, 9.17) is 9.47 Å². The largest absolute Gasteiger partial charge is 0.497 e. The lowest BCUT2D eigenvalue weighted by Gasteiger charge is -2.29. The van der Waals surface area contributed by atoms with E-state index in [1.54, 1.807) is 18.9 Å². The van der Waals surface area contributed by atoms with Crippen LogP contribution in [0.3, 0.4) is 0 Å². The van der Waals surface area contributed by atoms with Gasteiger partial charge in [0.05, 0.1) is 7.11 Å². The van der Waals surface area contributed by atoms with E-state index in [9.17, 15) is 9.59 Å². The SMILES string of the molecule is COc1ccc(CN(C(=O)COc2cccc3ccccc23)[C@H](C)C(=O)NCC(C)C)cc1. The van der Waals surface area contributed by atoms with E-state index in [0.29, 0.717) is 18.2 Å². The summed E-state index contributed by atoms with van der Waals surface area (Å²) in [6.45, 7) is 6.49. The van der Waals surface area contributed by atoms with Crippen molar-refractivity contribution >= 4 is 22.6 Å². The maximum absolute atomic E-state index is 13.3. The van der Waals surface area contributed by atoms with Crippen molar-refractivity contribution in [1.82, 2.24) is 10.2 Å². The molecule has 0 fully saturated rings. The van der Waals surface area contributed by atoms with E-state index < -0.39 is 6.04 Å². The van der Waals surface area contributed by atoms with Crippen molar-refractivity contribution in [3.8, 4) is 11.5 Å². The summed E-state index contributed by atoms with van der Waals surface area (Å²) in [5.41, 5.74) is 0.901. The Hall–Kier alpha value is -3.54. The van der Waals surface area contributed by atoms with Crippen molar-refractivity contribution in [3.05, 3.63) is 72.3 Å². The van der Waals surface area contributed by atoms with Crippen LogP contribution in [0, 0.1) is 5.92 Å². The van der Waals surface area contributed by atoms with Crippen molar-refractivity contribution in [2.24, 2.45) is 5.92 Å². The van der Waals surface area contributed by atoms with E-state index in [0.717, 1.165) is 22.1 Å². The molecular weight excluding hydrogens is 416 g/mol. The Morgan fingerprint density at radius 3 is 2.33 bits per heavy atom. The second-order valence-electron chi connectivity index (χ2n) is 8.45. The van der Waals surface area contributed by atoms with Gasteiger partial charge >= 0.3 is 0 Å². The van der Waals surface area contributed by atoms with Crippen LogP contribution < -0.4 is 14.8 Å². The normalized spacial score (nSPS) is 11.8. The number of carbonyl (C=O) groups excluding carboxylic acids is 2. The zero-order chi connectivity index (χ0) is 23.8. The lowest BCUT2D eigenvalue weighted by atomic mass is 10.1. The van der Waals surface area contributed by atoms with E-state index in [1.807, 2.05) is 80.6 Å². The molecule has 1 N–H and O–H groups in total. The van der Waals surface area contributed by atoms with Gasteiger partial charge < -0.3 is 19.7 Å². The third-order valence-corrected chi connectivity index (χ3v) is 5.46. The van der Waals surface area contributed by atoms with Gasteiger partial charge in [0.1, 0.15) is 17.5 Å². The zero-order valence-electron chi connectivity index (χ0n) is 19.7. The fourth-order valence-electron chi connectivity index (χ4n) is 3.51. The van der Waals surface area contributed by atoms with Crippen molar-refractivity contribution < 1.29 is 19.1 Å². The highest BCUT2D eigenvalue weighted by Crippen LogP contribution is 2.25. The number of hydrogen-bond donors (Lipinski definition) is 1. The van der Waals surface area contributed by atoms with Crippen LogP contribution in [0.4, 0.5) is 0 Å². The Kier molecular flexibility index (Phi) is 8.30. The summed E-state index contributed by atoms with van der Waals surface area (Å²) >= 11 is 0. The Balaban J connectivity index is 1.77. The second-order valence-corrected chi connectivity index (χ2v) is 8.45. The fraction of sp³-hybridized carbons (Fsp3) is 0.333. The summed E-state index contributed by atoms with van der Waals surface area (Å²) < 4.78 is 11.1. The number of nitrogens with one attached hydrogen (secondary N) is 1. The van der Waals surface area contributed by atoms with E-state index >= 15 is 0 Å². The first-order chi connectivity index (χ1) is 15.9. The van der Waals surface area contributed by atoms with E-state index in [1.165, 1.54) is 0 Å². The number of methoxy groups -OCH3 is 1. The molecule has 174 valence electrons. The highest BCUT2D eigenvalue weighted by atomic mass is 16.5. The van der Waals surface area contributed by atoms with Gasteiger partial charge in [-0.3, -0.25) is 9.59 Å². The van der Waals surface area contributed by atoms with Crippen LogP contribution in [-0.4, -0.2) is 43.0 Å². The summed E-state index contributed by atoms with van der Waals surface area (Å²) in [4.78, 5) is 27.6. The van der Waals surface area contributed by atoms with Gasteiger partial charge in [-0.1, -0.05) is 62.4 Å². The van der Waals surface area contributed by atoms with Crippen LogP contribution in [0.1, 0.15) is 26.3 Å². The van der Waals surface area contributed by atoms with Crippen LogP contribution in [-0.2, 0) is 16.1 Å². The van der Waals surface area contributed by atoms with Gasteiger partial charge in [-0.05, 0) is 42.0 Å². The van der Waals surface area contributed by atoms with Crippen molar-refractivity contribution in [1.29, 1.82) is 0 Å². The minimum absolute atomic E-state index is 0.161. The molecule has 0 heterocycles. The molecular formula is C27H32N2O4. The van der Waals surface area contributed by atoms with Crippen molar-refractivity contribution in [2.75, 3.05) is 20.3 Å². The van der Waals surface area contributed by atoms with Gasteiger partial charge in [-0.2, -0.15) is 0 Å². The minimum Gasteiger partial charge on any atom is -0.497 e. The molecule has 33 heavy (non-hydrogen) atoms. The third kappa shape index (κ3) is 6.48. The van der Waals surface area contributed by atoms with Gasteiger partial charge in [-0.25, -0.2) is 0 Å². The van der Waals surface area contributed by atoms with Crippen LogP contribution in [0.15, 0.2) is 66.7 Å². The molecule has 6 nitrogen and oxygen atoms in total. The number of rotatable bonds is 10. The van der Waals surface area contributed by atoms with Crippen molar-refractivity contribution in [2.45, 2.75) is 33.4 Å². The smallest absolute Gasteiger partial charge is 0.261 e. The first kappa shape index (κ1) is 24.1. The Morgan fingerprint density at radius 2 is 1.64 bits per heavy atom. The quantitative estimate of drug-likeness (QED) is 0.499. The van der Waals surface area contributed by atoms with Gasteiger partial charge in [0, 0.05) is 18.5 Å². The predicted molar refractivity (Wildman–Crippen MR) is 130 cm³/mol. The Bertz CT molecular complexity index is 1070. The zero-order valence-corrected chi connectivity index (χ0v) is 19.7. The second kappa shape index (κ2) is 11.4. The number of hydrogen-bond acceptors (Lipinski definition) is 4. The number of ether oxygens (including phenoxy) is 2. The Morgan fingerprint density at radius 1 is 0.939 bits per heavy atom. The molecule has 0 bridgehead atoms. The molecule has 0 spiro atoms. The van der Waals surface area contributed by atoms with Crippen LogP contribution in [0.25, 0.3) is 10.8 Å². The standard InChI is InChI=1S/C27H32N2O4/c1-19(2)16-28-27(31)20(3)29(17-21-12-14-23(32-4)15-13-21)26(30)18-33-25-11-7-9-22-8-5-6-10-24(22)25/h5-15,19-20H,16-18H2,1-4H3,(H,28,31)/t20-/m1/s1. The van der Waals surface area contributed by atoms with Gasteiger partial charge in [0.15, 0.2) is 6.61 Å². The molecule has 0 aliphatic rings. The lowest BCUT2D eigenvalue weighted by Crippen LogP contribution is -2.49. The average Bonchev–Trinajstić information content (AvgIpc) is 2.84. The van der Waals surface area contributed by atoms with Gasteiger partial charge in [-0.15, -0.1) is 0 Å². The summed E-state index contributed by atoms with van der Waals surface area (Å²) in [7, 11) is 1.61. The molecule has 0 radical (unpaired) electrons. The Labute approximate surface area is 195 Å². The molecule has 2 amide bonds. The fourth-order valence-corrected chi connectivity index (χ4v) is 3.51. The minimum atomic E-state index is -0.644. The molecule has 1 atom stereocenters. The molecule has 0 aliphatic heterocycles. The predicted octanol–water partition coefficient (Wildman–Crippen LogP) is 4.42. The number of fused-ring (bicyclic) bond motifs is 1. The van der Waals surface area contributed by atoms with Gasteiger partial charge in [0.2, 0.25) is 5.91 Å². The van der Waals surface area contributed by atoms with Crippen molar-refractivity contribution in [3.63, 3.8) is 0 Å². The van der Waals surface area contributed by atoms with E-state index in [-0.39, 0.29) is 25.0 Å². The number of carbonyl (C=O) groups is 2. The number of nitrogens with zero attached hydrogens (tertiary/aromatic N) is 1. The molecule has 0 aliphatic carbocycles. The highest BCUT2D eigenvalue weighted by molar-refractivity contribution is 5.90. The maximum Gasteiger partial charge on any atom is 0.261 e. The number of benzene rings is 3. The van der Waals surface area contributed by atoms with E-state index in [2.05, 4.69) is 5.32 Å². The monoisotopic (exact) mass is 448 g/mol. The third-order valence-electron chi connectivity index (χ3n) is 5.46. The van der Waals surface area contributed by atoms with Crippen LogP contribution in [0.5, 0.6) is 11.5 Å². The van der Waals surface area contributed by atoms with Crippen LogP contribution >= 0.6 is 0 Å². The summed E-state index contributed by atoms with van der Waals surface area (Å²) in [6.07, 6.45) is 0. The first-order valence-corrected chi connectivity index (χ1v) is 11.2. The van der Waals surface area contributed by atoms with Crippen LogP contribution in [0.2, 0.25) is 0 Å². The molecule has 0 saturated carbocycles. The summed E-state index contributed by atoms with van der Waals surface area (Å²) in [5, 5.41) is 4.91. The lowest BCUT2D eigenvalue weighted by molar-refractivity contribution is -0.142. The molecule has 0 saturated heterocycles. The first-order valence-electron chi connectivity index (χ1n) is 11.2. The topological polar surface area (TPSA) is 67.9 Å². The molecule has 3 aromatic carbocycles. The number of amides is 2. The molecule has 0 aromatic heterocycles. The maximum atomic E-state index is 13.3. The molecule has 3 aromatic rings. The highest BCUT2D eigenvalue weighted by Gasteiger charge is 2.26. The van der Waals surface area contributed by atoms with Gasteiger partial charge in [0.25, 0.3) is 5.91 Å². The molecule has 3 rings (SSSR count).